The highest BCUT2D eigenvalue weighted by Gasteiger charge is 2.19. The molecule has 186 valence electrons. The van der Waals surface area contributed by atoms with Crippen LogP contribution in [0.2, 0.25) is 0 Å². The average molecular weight is 496 g/mol. The molecule has 3 N–H and O–H groups in total. The van der Waals surface area contributed by atoms with E-state index in [2.05, 4.69) is 56.5 Å². The molecule has 3 heterocycles. The Morgan fingerprint density at radius 3 is 2.37 bits per heavy atom. The van der Waals surface area contributed by atoms with Gasteiger partial charge in [-0.2, -0.15) is 20.1 Å². The number of amides is 1. The van der Waals surface area contributed by atoms with Gasteiger partial charge in [0.2, 0.25) is 17.8 Å². The number of carbonyl (C=O) groups excluding carboxylic acids is 1. The van der Waals surface area contributed by atoms with E-state index < -0.39 is 0 Å². The Hall–Kier alpha value is -3.18. The number of H-pyrrole nitrogens is 1. The fraction of sp³-hybridized carbons (Fsp3) is 0.458. The van der Waals surface area contributed by atoms with Gasteiger partial charge in [0.1, 0.15) is 0 Å². The molecule has 0 radical (unpaired) electrons. The lowest BCUT2D eigenvalue weighted by molar-refractivity contribution is -0.118. The second-order valence-electron chi connectivity index (χ2n) is 9.29. The molecule has 0 unspecified atom stereocenters. The molecule has 4 rings (SSSR count). The largest absolute Gasteiger partial charge is 0.338 e. The Labute approximate surface area is 210 Å². The maximum Gasteiger partial charge on any atom is 0.234 e. The maximum absolute atomic E-state index is 12.0. The van der Waals surface area contributed by atoms with Crippen LogP contribution in [0, 0.1) is 5.92 Å². The molecule has 35 heavy (non-hydrogen) atoms. The first-order valence-electron chi connectivity index (χ1n) is 11.9. The summed E-state index contributed by atoms with van der Waals surface area (Å²) in [7, 11) is 2.12. The van der Waals surface area contributed by atoms with Gasteiger partial charge >= 0.3 is 0 Å². The van der Waals surface area contributed by atoms with Crippen LogP contribution < -0.4 is 15.5 Å². The molecule has 0 bridgehead atoms. The van der Waals surface area contributed by atoms with Gasteiger partial charge in [0.25, 0.3) is 0 Å². The first kappa shape index (κ1) is 24.9. The van der Waals surface area contributed by atoms with Gasteiger partial charge < -0.3 is 20.4 Å². The summed E-state index contributed by atoms with van der Waals surface area (Å²) in [6.07, 6.45) is 0. The summed E-state index contributed by atoms with van der Waals surface area (Å²) >= 11 is 1.45. The topological polar surface area (TPSA) is 115 Å². The molecule has 0 aliphatic carbocycles. The quantitative estimate of drug-likeness (QED) is 0.427. The average Bonchev–Trinajstić information content (AvgIpc) is 3.29. The second-order valence-corrected chi connectivity index (χ2v) is 10.3. The number of nitrogens with one attached hydrogen (secondary N) is 3. The van der Waals surface area contributed by atoms with Crippen LogP contribution in [-0.2, 0) is 4.79 Å². The summed E-state index contributed by atoms with van der Waals surface area (Å²) in [5, 5.41) is 14.1. The summed E-state index contributed by atoms with van der Waals surface area (Å²) in [5.74, 6) is 2.05. The molecule has 3 aromatic rings. The van der Waals surface area contributed by atoms with Crippen molar-refractivity contribution in [1.29, 1.82) is 0 Å². The zero-order valence-corrected chi connectivity index (χ0v) is 21.7. The minimum atomic E-state index is -0.0701. The van der Waals surface area contributed by atoms with Gasteiger partial charge in [-0.25, -0.2) is 0 Å². The summed E-state index contributed by atoms with van der Waals surface area (Å²) in [6.45, 7) is 11.6. The summed E-state index contributed by atoms with van der Waals surface area (Å²) < 4.78 is 0. The van der Waals surface area contributed by atoms with Crippen LogP contribution in [0.15, 0.2) is 40.4 Å². The number of hydrogen-bond donors (Lipinski definition) is 3. The number of hydrogen-bond acceptors (Lipinski definition) is 9. The summed E-state index contributed by atoms with van der Waals surface area (Å²) in [4.78, 5) is 31.5. The van der Waals surface area contributed by atoms with Crippen molar-refractivity contribution in [3.05, 3.63) is 36.0 Å². The molecule has 2 aromatic heterocycles. The second kappa shape index (κ2) is 11.0. The van der Waals surface area contributed by atoms with Crippen LogP contribution in [0.3, 0.4) is 0 Å². The van der Waals surface area contributed by atoms with Crippen molar-refractivity contribution in [3.8, 4) is 0 Å². The Kier molecular flexibility index (Phi) is 7.86. The number of benzene rings is 1. The third kappa shape index (κ3) is 6.70. The maximum atomic E-state index is 12.0. The van der Waals surface area contributed by atoms with E-state index in [1.54, 1.807) is 0 Å². The number of likely N-dealkylation sites (N-methyl/N-ethyl adjacent to an activating group) is 1. The molecule has 1 aliphatic rings. The fourth-order valence-corrected chi connectivity index (χ4v) is 4.15. The van der Waals surface area contributed by atoms with Crippen molar-refractivity contribution in [3.63, 3.8) is 0 Å². The highest BCUT2D eigenvalue weighted by molar-refractivity contribution is 7.99. The lowest BCUT2D eigenvalue weighted by Gasteiger charge is -2.32. The minimum absolute atomic E-state index is 0.00519. The van der Waals surface area contributed by atoms with E-state index in [-0.39, 0.29) is 11.8 Å². The van der Waals surface area contributed by atoms with E-state index in [0.717, 1.165) is 42.5 Å². The van der Waals surface area contributed by atoms with Crippen molar-refractivity contribution < 1.29 is 4.79 Å². The third-order valence-corrected chi connectivity index (χ3v) is 6.58. The van der Waals surface area contributed by atoms with E-state index in [0.29, 0.717) is 28.8 Å². The molecule has 0 atom stereocenters. The smallest absolute Gasteiger partial charge is 0.234 e. The van der Waals surface area contributed by atoms with Crippen LogP contribution in [0.25, 0.3) is 0 Å². The SMILES string of the molecule is CC(C)C(=O)Nc1ccc(Sc2nc(Nc3cc(C(C)C)[nH]n3)nc(N3CCN(C)CC3)n2)cc1. The van der Waals surface area contributed by atoms with Gasteiger partial charge in [0, 0.05) is 54.4 Å². The highest BCUT2D eigenvalue weighted by atomic mass is 32.2. The lowest BCUT2D eigenvalue weighted by Crippen LogP contribution is -2.45. The molecule has 11 heteroatoms. The molecule has 0 saturated carbocycles. The zero-order chi connectivity index (χ0) is 24.9. The molecule has 1 aromatic carbocycles. The molecule has 1 aliphatic heterocycles. The Morgan fingerprint density at radius 1 is 1.03 bits per heavy atom. The first-order chi connectivity index (χ1) is 16.8. The number of nitrogens with zero attached hydrogens (tertiary/aromatic N) is 6. The first-order valence-corrected chi connectivity index (χ1v) is 12.7. The van der Waals surface area contributed by atoms with Gasteiger partial charge in [-0.05, 0) is 49.0 Å². The zero-order valence-electron chi connectivity index (χ0n) is 20.9. The summed E-state index contributed by atoms with van der Waals surface area (Å²) in [6, 6.07) is 9.66. The van der Waals surface area contributed by atoms with Gasteiger partial charge in [-0.15, -0.1) is 0 Å². The molecule has 10 nitrogen and oxygen atoms in total. The fourth-order valence-electron chi connectivity index (χ4n) is 3.40. The molecule has 1 fully saturated rings. The molecular formula is C24H33N9OS. The number of piperazine rings is 1. The number of rotatable bonds is 8. The van der Waals surface area contributed by atoms with Gasteiger partial charge in [0.15, 0.2) is 11.0 Å². The Bertz CT molecular complexity index is 1140. The van der Waals surface area contributed by atoms with Crippen LogP contribution in [0.5, 0.6) is 0 Å². The van der Waals surface area contributed by atoms with Crippen molar-refractivity contribution >= 4 is 41.1 Å². The Morgan fingerprint density at radius 2 is 1.74 bits per heavy atom. The minimum Gasteiger partial charge on any atom is -0.338 e. The van der Waals surface area contributed by atoms with E-state index in [9.17, 15) is 4.79 Å². The van der Waals surface area contributed by atoms with Gasteiger partial charge in [-0.3, -0.25) is 9.89 Å². The normalized spacial score (nSPS) is 14.5. The molecule has 0 spiro atoms. The predicted molar refractivity (Wildman–Crippen MR) is 140 cm³/mol. The van der Waals surface area contributed by atoms with Crippen LogP contribution in [0.4, 0.5) is 23.4 Å². The van der Waals surface area contributed by atoms with Crippen LogP contribution in [0.1, 0.15) is 39.3 Å². The lowest BCUT2D eigenvalue weighted by atomic mass is 10.1. The molecule has 1 saturated heterocycles. The molecule has 1 amide bonds. The van der Waals surface area contributed by atoms with Crippen molar-refractivity contribution in [2.75, 3.05) is 48.8 Å². The number of carbonyl (C=O) groups is 1. The van der Waals surface area contributed by atoms with Crippen molar-refractivity contribution in [2.24, 2.45) is 5.92 Å². The van der Waals surface area contributed by atoms with E-state index in [1.165, 1.54) is 11.8 Å². The van der Waals surface area contributed by atoms with Gasteiger partial charge in [-0.1, -0.05) is 27.7 Å². The van der Waals surface area contributed by atoms with Crippen molar-refractivity contribution in [1.82, 2.24) is 30.0 Å². The van der Waals surface area contributed by atoms with E-state index in [1.807, 2.05) is 44.2 Å². The number of aromatic nitrogens is 5. The summed E-state index contributed by atoms with van der Waals surface area (Å²) in [5.41, 5.74) is 1.81. The standard InChI is InChI=1S/C24H33N9OS/c1-15(2)19-14-20(31-30-19)26-22-27-23(33-12-10-32(5)11-13-33)29-24(28-22)35-18-8-6-17(7-9-18)25-21(34)16(3)4/h6-9,14-16H,10-13H2,1-5H3,(H,25,34)(H2,26,27,28,29,30,31). The monoisotopic (exact) mass is 495 g/mol. The van der Waals surface area contributed by atoms with Gasteiger partial charge in [0.05, 0.1) is 0 Å². The van der Waals surface area contributed by atoms with Crippen LogP contribution in [-0.4, -0.2) is 69.2 Å². The number of aromatic amines is 1. The number of anilines is 4. The predicted octanol–water partition coefficient (Wildman–Crippen LogP) is 3.96. The van der Waals surface area contributed by atoms with E-state index in [4.69, 9.17) is 9.97 Å². The highest BCUT2D eigenvalue weighted by Crippen LogP contribution is 2.29. The molecular weight excluding hydrogens is 462 g/mol. The van der Waals surface area contributed by atoms with E-state index >= 15 is 0 Å². The van der Waals surface area contributed by atoms with Crippen LogP contribution >= 0.6 is 11.8 Å². The van der Waals surface area contributed by atoms with Crippen molar-refractivity contribution in [2.45, 2.75) is 43.7 Å². The third-order valence-electron chi connectivity index (χ3n) is 5.70. The Balaban J connectivity index is 1.55.